The van der Waals surface area contributed by atoms with Crippen LogP contribution in [0.15, 0.2) is 12.1 Å². The molecular weight excluding hydrogens is 218 g/mol. The molecule has 0 radical (unpaired) electrons. The van der Waals surface area contributed by atoms with Crippen LogP contribution in [-0.2, 0) is 10.9 Å². The molecule has 1 aromatic rings. The highest BCUT2D eigenvalue weighted by atomic mass is 19.4. The summed E-state index contributed by atoms with van der Waals surface area (Å²) in [5.41, 5.74) is -2.32. The van der Waals surface area contributed by atoms with E-state index < -0.39 is 29.4 Å². The van der Waals surface area contributed by atoms with Gasteiger partial charge in [0.25, 0.3) is 0 Å². The van der Waals surface area contributed by atoms with Gasteiger partial charge in [0, 0.05) is 0 Å². The van der Waals surface area contributed by atoms with Gasteiger partial charge in [0.15, 0.2) is 11.5 Å². The Hall–Kier alpha value is -1.66. The quantitative estimate of drug-likeness (QED) is 0.540. The number of nitrogens with zero attached hydrogens (tertiary/aromatic N) is 1. The zero-order chi connectivity index (χ0) is 11.6. The smallest absolute Gasteiger partial charge is 0.436 e. The molecule has 0 unspecified atom stereocenters. The zero-order valence-electron chi connectivity index (χ0n) is 7.43. The summed E-state index contributed by atoms with van der Waals surface area (Å²) in [5.74, 6) is -2.59. The zero-order valence-corrected chi connectivity index (χ0v) is 7.43. The van der Waals surface area contributed by atoms with Gasteiger partial charge in [0.2, 0.25) is 0 Å². The SMILES string of the molecule is COC(=O)c1ccc(F)c(C(F)(F)F)n1. The summed E-state index contributed by atoms with van der Waals surface area (Å²) in [7, 11) is 0.987. The molecule has 0 aliphatic heterocycles. The van der Waals surface area contributed by atoms with Gasteiger partial charge in [-0.2, -0.15) is 13.2 Å². The van der Waals surface area contributed by atoms with Gasteiger partial charge in [-0.25, -0.2) is 14.2 Å². The van der Waals surface area contributed by atoms with Crippen molar-refractivity contribution in [2.45, 2.75) is 6.18 Å². The van der Waals surface area contributed by atoms with Gasteiger partial charge in [-0.05, 0) is 12.1 Å². The maximum atomic E-state index is 12.7. The third-order valence-electron chi connectivity index (χ3n) is 1.51. The second-order valence-electron chi connectivity index (χ2n) is 2.52. The normalized spacial score (nSPS) is 11.3. The molecule has 0 aromatic carbocycles. The molecule has 0 aliphatic carbocycles. The van der Waals surface area contributed by atoms with Crippen LogP contribution in [0.5, 0.6) is 0 Å². The molecule has 0 saturated heterocycles. The van der Waals surface area contributed by atoms with Crippen LogP contribution in [0, 0.1) is 5.82 Å². The van der Waals surface area contributed by atoms with E-state index in [-0.39, 0.29) is 0 Å². The van der Waals surface area contributed by atoms with E-state index in [9.17, 15) is 22.4 Å². The fourth-order valence-electron chi connectivity index (χ4n) is 0.859. The number of carbonyl (C=O) groups is 1. The van der Waals surface area contributed by atoms with Crippen molar-refractivity contribution in [3.05, 3.63) is 29.3 Å². The number of hydrogen-bond donors (Lipinski definition) is 0. The van der Waals surface area contributed by atoms with E-state index in [4.69, 9.17) is 0 Å². The number of hydrogen-bond acceptors (Lipinski definition) is 3. The Morgan fingerprint density at radius 3 is 2.47 bits per heavy atom. The Morgan fingerprint density at radius 1 is 1.40 bits per heavy atom. The van der Waals surface area contributed by atoms with E-state index in [2.05, 4.69) is 9.72 Å². The second kappa shape index (κ2) is 3.84. The maximum Gasteiger partial charge on any atom is 0.436 e. The Morgan fingerprint density at radius 2 is 2.00 bits per heavy atom. The minimum atomic E-state index is -4.94. The van der Waals surface area contributed by atoms with Crippen LogP contribution in [0.25, 0.3) is 0 Å². The minimum Gasteiger partial charge on any atom is -0.464 e. The van der Waals surface area contributed by atoms with Gasteiger partial charge in [0.05, 0.1) is 7.11 Å². The Bertz CT molecular complexity index is 389. The monoisotopic (exact) mass is 223 g/mol. The van der Waals surface area contributed by atoms with Crippen molar-refractivity contribution in [1.82, 2.24) is 4.98 Å². The third-order valence-corrected chi connectivity index (χ3v) is 1.51. The first kappa shape index (κ1) is 11.4. The lowest BCUT2D eigenvalue weighted by Gasteiger charge is -2.07. The highest BCUT2D eigenvalue weighted by Gasteiger charge is 2.36. The molecule has 0 bridgehead atoms. The first-order valence-electron chi connectivity index (χ1n) is 3.68. The summed E-state index contributed by atoms with van der Waals surface area (Å²) in [6.07, 6.45) is -4.94. The molecule has 1 aromatic heterocycles. The number of methoxy groups -OCH3 is 1. The van der Waals surface area contributed by atoms with Gasteiger partial charge >= 0.3 is 12.1 Å². The molecule has 82 valence electrons. The van der Waals surface area contributed by atoms with Gasteiger partial charge in [-0.3, -0.25) is 0 Å². The van der Waals surface area contributed by atoms with Crippen molar-refractivity contribution in [1.29, 1.82) is 0 Å². The van der Waals surface area contributed by atoms with Crippen molar-refractivity contribution in [3.63, 3.8) is 0 Å². The summed E-state index contributed by atoms with van der Waals surface area (Å²) in [4.78, 5) is 13.7. The van der Waals surface area contributed by atoms with Crippen molar-refractivity contribution < 1.29 is 27.1 Å². The van der Waals surface area contributed by atoms with E-state index in [1.165, 1.54) is 0 Å². The third kappa shape index (κ3) is 2.42. The highest BCUT2D eigenvalue weighted by Crippen LogP contribution is 2.29. The van der Waals surface area contributed by atoms with Crippen molar-refractivity contribution >= 4 is 5.97 Å². The fourth-order valence-corrected chi connectivity index (χ4v) is 0.859. The molecule has 0 amide bonds. The predicted octanol–water partition coefficient (Wildman–Crippen LogP) is 2.03. The minimum absolute atomic E-state index is 0.516. The molecule has 0 saturated carbocycles. The number of rotatable bonds is 1. The lowest BCUT2D eigenvalue weighted by Crippen LogP contribution is -2.15. The Labute approximate surface area is 81.7 Å². The topological polar surface area (TPSA) is 39.2 Å². The van der Waals surface area contributed by atoms with Crippen molar-refractivity contribution in [2.75, 3.05) is 7.11 Å². The summed E-state index contributed by atoms with van der Waals surface area (Å²) < 4.78 is 53.3. The van der Waals surface area contributed by atoms with Gasteiger partial charge in [0.1, 0.15) is 5.69 Å². The van der Waals surface area contributed by atoms with Crippen LogP contribution in [0.4, 0.5) is 17.6 Å². The number of pyridine rings is 1. The van der Waals surface area contributed by atoms with Crippen LogP contribution < -0.4 is 0 Å². The molecule has 1 heterocycles. The largest absolute Gasteiger partial charge is 0.464 e. The maximum absolute atomic E-state index is 12.7. The van der Waals surface area contributed by atoms with Crippen molar-refractivity contribution in [2.24, 2.45) is 0 Å². The standard InChI is InChI=1S/C8H5F4NO2/c1-15-7(14)5-3-2-4(9)6(13-5)8(10,11)12/h2-3H,1H3. The molecular formula is C8H5F4NO2. The van der Waals surface area contributed by atoms with Gasteiger partial charge < -0.3 is 4.74 Å². The number of carbonyl (C=O) groups excluding carboxylic acids is 1. The molecule has 3 nitrogen and oxygen atoms in total. The van der Waals surface area contributed by atoms with Crippen LogP contribution in [0.2, 0.25) is 0 Å². The van der Waals surface area contributed by atoms with Crippen LogP contribution >= 0.6 is 0 Å². The van der Waals surface area contributed by atoms with E-state index in [0.717, 1.165) is 13.2 Å². The first-order valence-corrected chi connectivity index (χ1v) is 3.68. The van der Waals surface area contributed by atoms with E-state index in [1.807, 2.05) is 0 Å². The highest BCUT2D eigenvalue weighted by molar-refractivity contribution is 5.87. The number of ether oxygens (including phenoxy) is 1. The molecule has 0 N–H and O–H groups in total. The fraction of sp³-hybridized carbons (Fsp3) is 0.250. The van der Waals surface area contributed by atoms with Gasteiger partial charge in [-0.15, -0.1) is 0 Å². The average Bonchev–Trinajstić information content (AvgIpc) is 2.15. The van der Waals surface area contributed by atoms with Crippen molar-refractivity contribution in [3.8, 4) is 0 Å². The summed E-state index contributed by atoms with van der Waals surface area (Å²) in [6.45, 7) is 0. The second-order valence-corrected chi connectivity index (χ2v) is 2.52. The number of esters is 1. The Balaban J connectivity index is 3.23. The molecule has 15 heavy (non-hydrogen) atoms. The van der Waals surface area contributed by atoms with Crippen LogP contribution in [-0.4, -0.2) is 18.1 Å². The molecule has 0 spiro atoms. The van der Waals surface area contributed by atoms with Gasteiger partial charge in [-0.1, -0.05) is 0 Å². The lowest BCUT2D eigenvalue weighted by molar-refractivity contribution is -0.143. The number of halogens is 4. The summed E-state index contributed by atoms with van der Waals surface area (Å²) in [6, 6.07) is 1.33. The van der Waals surface area contributed by atoms with Crippen LogP contribution in [0.1, 0.15) is 16.2 Å². The lowest BCUT2D eigenvalue weighted by atomic mass is 10.3. The summed E-state index contributed by atoms with van der Waals surface area (Å²) >= 11 is 0. The number of alkyl halides is 3. The summed E-state index contributed by atoms with van der Waals surface area (Å²) in [5, 5.41) is 0. The number of aromatic nitrogens is 1. The van der Waals surface area contributed by atoms with E-state index in [1.54, 1.807) is 0 Å². The molecule has 7 heteroatoms. The predicted molar refractivity (Wildman–Crippen MR) is 40.5 cm³/mol. The van der Waals surface area contributed by atoms with E-state index >= 15 is 0 Å². The van der Waals surface area contributed by atoms with Crippen LogP contribution in [0.3, 0.4) is 0 Å². The molecule has 0 atom stereocenters. The first-order chi connectivity index (χ1) is 6.86. The molecule has 1 rings (SSSR count). The average molecular weight is 223 g/mol. The Kier molecular flexibility index (Phi) is 2.92. The molecule has 0 aliphatic rings. The molecule has 0 fully saturated rings. The van der Waals surface area contributed by atoms with E-state index in [0.29, 0.717) is 6.07 Å².